The number of nitro benzene ring substituents is 1. The molecule has 2 aromatic heterocycles. The number of thiophene rings is 1. The highest BCUT2D eigenvalue weighted by atomic mass is 32.1. The zero-order valence-corrected chi connectivity index (χ0v) is 17.1. The summed E-state index contributed by atoms with van der Waals surface area (Å²) in [6.07, 6.45) is 0. The van der Waals surface area contributed by atoms with Crippen molar-refractivity contribution in [1.82, 2.24) is 9.47 Å². The summed E-state index contributed by atoms with van der Waals surface area (Å²) in [4.78, 5) is 50.5. The van der Waals surface area contributed by atoms with Crippen LogP contribution in [0.1, 0.15) is 47.3 Å². The molecule has 0 spiro atoms. The van der Waals surface area contributed by atoms with Gasteiger partial charge >= 0.3 is 0 Å². The van der Waals surface area contributed by atoms with Crippen LogP contribution in [0, 0.1) is 24.0 Å². The normalized spacial score (nSPS) is 13.1. The van der Waals surface area contributed by atoms with E-state index in [1.165, 1.54) is 12.1 Å². The van der Waals surface area contributed by atoms with E-state index in [9.17, 15) is 24.5 Å². The SMILES string of the molecule is Cc1cc(C(=O)CN2C(=O)c3ccc([N+](=O)[O-])cc3C2=O)c(C)n1Cc1cccs1. The van der Waals surface area contributed by atoms with Crippen LogP contribution >= 0.6 is 11.3 Å². The minimum absolute atomic E-state index is 0.0508. The summed E-state index contributed by atoms with van der Waals surface area (Å²) in [6, 6.07) is 9.25. The number of nitro groups is 1. The molecule has 1 aliphatic heterocycles. The average molecular weight is 423 g/mol. The van der Waals surface area contributed by atoms with E-state index in [-0.39, 0.29) is 22.6 Å². The van der Waals surface area contributed by atoms with Gasteiger partial charge in [0.1, 0.15) is 0 Å². The number of rotatable bonds is 6. The van der Waals surface area contributed by atoms with Crippen molar-refractivity contribution in [3.05, 3.63) is 84.8 Å². The van der Waals surface area contributed by atoms with Crippen LogP contribution < -0.4 is 0 Å². The maximum atomic E-state index is 12.9. The summed E-state index contributed by atoms with van der Waals surface area (Å²) in [5.41, 5.74) is 1.86. The van der Waals surface area contributed by atoms with Gasteiger partial charge < -0.3 is 4.57 Å². The van der Waals surface area contributed by atoms with Gasteiger partial charge in [0.25, 0.3) is 17.5 Å². The zero-order chi connectivity index (χ0) is 21.6. The molecule has 1 aliphatic rings. The molecule has 0 radical (unpaired) electrons. The highest BCUT2D eigenvalue weighted by molar-refractivity contribution is 7.09. The van der Waals surface area contributed by atoms with E-state index in [0.717, 1.165) is 27.2 Å². The van der Waals surface area contributed by atoms with Gasteiger partial charge in [0, 0.05) is 34.0 Å². The first-order valence-electron chi connectivity index (χ1n) is 9.15. The third kappa shape index (κ3) is 3.22. The van der Waals surface area contributed by atoms with E-state index in [1.807, 2.05) is 35.9 Å². The van der Waals surface area contributed by atoms with Crippen LogP contribution in [0.15, 0.2) is 41.8 Å². The number of fused-ring (bicyclic) bond motifs is 1. The number of carbonyl (C=O) groups excluding carboxylic acids is 3. The van der Waals surface area contributed by atoms with E-state index < -0.39 is 23.3 Å². The second kappa shape index (κ2) is 7.34. The van der Waals surface area contributed by atoms with Crippen LogP contribution in [-0.4, -0.2) is 38.5 Å². The highest BCUT2D eigenvalue weighted by Gasteiger charge is 2.38. The molecule has 0 unspecified atom stereocenters. The molecule has 9 heteroatoms. The van der Waals surface area contributed by atoms with Gasteiger partial charge in [-0.25, -0.2) is 0 Å². The predicted octanol–water partition coefficient (Wildman–Crippen LogP) is 3.60. The quantitative estimate of drug-likeness (QED) is 0.261. The van der Waals surface area contributed by atoms with E-state index in [4.69, 9.17) is 0 Å². The van der Waals surface area contributed by atoms with E-state index in [0.29, 0.717) is 12.1 Å². The minimum Gasteiger partial charge on any atom is -0.343 e. The van der Waals surface area contributed by atoms with Gasteiger partial charge in [0.15, 0.2) is 5.78 Å². The first kappa shape index (κ1) is 19.7. The zero-order valence-electron chi connectivity index (χ0n) is 16.2. The van der Waals surface area contributed by atoms with Gasteiger partial charge in [-0.3, -0.25) is 29.4 Å². The summed E-state index contributed by atoms with van der Waals surface area (Å²) in [7, 11) is 0. The summed E-state index contributed by atoms with van der Waals surface area (Å²) in [6.45, 7) is 3.96. The summed E-state index contributed by atoms with van der Waals surface area (Å²) in [5.74, 6) is -1.67. The molecule has 0 saturated carbocycles. The topological polar surface area (TPSA) is 103 Å². The number of amides is 2. The molecule has 0 N–H and O–H groups in total. The lowest BCUT2D eigenvalue weighted by molar-refractivity contribution is -0.384. The molecule has 8 nitrogen and oxygen atoms in total. The molecule has 0 atom stereocenters. The van der Waals surface area contributed by atoms with Crippen LogP contribution in [0.2, 0.25) is 0 Å². The summed E-state index contributed by atoms with van der Waals surface area (Å²) >= 11 is 1.62. The molecule has 4 rings (SSSR count). The van der Waals surface area contributed by atoms with E-state index in [2.05, 4.69) is 0 Å². The molecular formula is C21H17N3O5S. The van der Waals surface area contributed by atoms with Crippen LogP contribution in [-0.2, 0) is 6.54 Å². The predicted molar refractivity (Wildman–Crippen MR) is 110 cm³/mol. The number of carbonyl (C=O) groups is 3. The van der Waals surface area contributed by atoms with Gasteiger partial charge in [-0.2, -0.15) is 0 Å². The van der Waals surface area contributed by atoms with Crippen molar-refractivity contribution >= 4 is 34.6 Å². The highest BCUT2D eigenvalue weighted by Crippen LogP contribution is 2.27. The van der Waals surface area contributed by atoms with Crippen LogP contribution in [0.25, 0.3) is 0 Å². The third-order valence-corrected chi connectivity index (χ3v) is 6.10. The van der Waals surface area contributed by atoms with Crippen molar-refractivity contribution in [2.75, 3.05) is 6.54 Å². The van der Waals surface area contributed by atoms with Crippen molar-refractivity contribution in [2.24, 2.45) is 0 Å². The lowest BCUT2D eigenvalue weighted by Crippen LogP contribution is -2.35. The number of nitrogens with zero attached hydrogens (tertiary/aromatic N) is 3. The Morgan fingerprint density at radius 2 is 1.83 bits per heavy atom. The molecule has 30 heavy (non-hydrogen) atoms. The Kier molecular flexibility index (Phi) is 4.83. The maximum Gasteiger partial charge on any atom is 0.270 e. The Balaban J connectivity index is 1.58. The molecule has 0 fully saturated rings. The molecule has 3 heterocycles. The van der Waals surface area contributed by atoms with Crippen LogP contribution in [0.4, 0.5) is 5.69 Å². The monoisotopic (exact) mass is 423 g/mol. The fourth-order valence-corrected chi connectivity index (χ4v) is 4.34. The first-order chi connectivity index (χ1) is 14.3. The third-order valence-electron chi connectivity index (χ3n) is 5.23. The summed E-state index contributed by atoms with van der Waals surface area (Å²) in [5, 5.41) is 12.9. The lowest BCUT2D eigenvalue weighted by Gasteiger charge is -2.13. The molecular weight excluding hydrogens is 406 g/mol. The van der Waals surface area contributed by atoms with Gasteiger partial charge in [-0.05, 0) is 37.4 Å². The number of non-ortho nitro benzene ring substituents is 1. The molecule has 3 aromatic rings. The van der Waals surface area contributed by atoms with Crippen LogP contribution in [0.3, 0.4) is 0 Å². The number of benzene rings is 1. The number of imide groups is 1. The Bertz CT molecular complexity index is 1210. The fraction of sp³-hybridized carbons (Fsp3) is 0.190. The molecule has 0 saturated heterocycles. The van der Waals surface area contributed by atoms with Crippen molar-refractivity contribution < 1.29 is 19.3 Å². The number of ketones is 1. The van der Waals surface area contributed by atoms with E-state index >= 15 is 0 Å². The number of hydrogen-bond acceptors (Lipinski definition) is 6. The lowest BCUT2D eigenvalue weighted by atomic mass is 10.1. The van der Waals surface area contributed by atoms with Crippen molar-refractivity contribution in [2.45, 2.75) is 20.4 Å². The van der Waals surface area contributed by atoms with Crippen molar-refractivity contribution in [3.63, 3.8) is 0 Å². The second-order valence-electron chi connectivity index (χ2n) is 7.06. The van der Waals surface area contributed by atoms with E-state index in [1.54, 1.807) is 17.4 Å². The second-order valence-corrected chi connectivity index (χ2v) is 8.09. The number of aromatic nitrogens is 1. The fourth-order valence-electron chi connectivity index (χ4n) is 3.65. The molecule has 0 bridgehead atoms. The average Bonchev–Trinajstić information content (AvgIpc) is 3.39. The van der Waals surface area contributed by atoms with Crippen molar-refractivity contribution in [1.29, 1.82) is 0 Å². The minimum atomic E-state index is -0.695. The number of Topliss-reactive ketones (excluding diaryl/α,β-unsaturated/α-hetero) is 1. The standard InChI is InChI=1S/C21H17N3O5S/c1-12-8-17(13(2)22(12)10-15-4-3-7-30-15)19(25)11-23-20(26)16-6-5-14(24(28)29)9-18(16)21(23)27/h3-9H,10-11H2,1-2H3. The molecule has 1 aromatic carbocycles. The summed E-state index contributed by atoms with van der Waals surface area (Å²) < 4.78 is 2.02. The Morgan fingerprint density at radius 3 is 2.50 bits per heavy atom. The molecule has 152 valence electrons. The van der Waals surface area contributed by atoms with Gasteiger partial charge in [-0.15, -0.1) is 11.3 Å². The Hall–Kier alpha value is -3.59. The Labute approximate surface area is 175 Å². The first-order valence-corrected chi connectivity index (χ1v) is 10.0. The van der Waals surface area contributed by atoms with Crippen molar-refractivity contribution in [3.8, 4) is 0 Å². The largest absolute Gasteiger partial charge is 0.343 e. The van der Waals surface area contributed by atoms with Gasteiger partial charge in [0.2, 0.25) is 0 Å². The maximum absolute atomic E-state index is 12.9. The van der Waals surface area contributed by atoms with Crippen LogP contribution in [0.5, 0.6) is 0 Å². The molecule has 2 amide bonds. The number of aryl methyl sites for hydroxylation is 1. The Morgan fingerprint density at radius 1 is 1.10 bits per heavy atom. The smallest absolute Gasteiger partial charge is 0.270 e. The molecule has 0 aliphatic carbocycles. The van der Waals surface area contributed by atoms with Gasteiger partial charge in [0.05, 0.1) is 29.1 Å². The number of hydrogen-bond donors (Lipinski definition) is 0. The van der Waals surface area contributed by atoms with Gasteiger partial charge in [-0.1, -0.05) is 6.07 Å².